The number of nitrogens with one attached hydrogen (secondary N) is 1. The van der Waals surface area contributed by atoms with E-state index in [4.69, 9.17) is 18.6 Å². The number of rotatable bonds is 0. The second-order valence-electron chi connectivity index (χ2n) is 5.13. The Morgan fingerprint density at radius 1 is 1.04 bits per heavy atom. The zero-order valence-corrected chi connectivity index (χ0v) is 13.7. The molecule has 120 valence electrons. The molecule has 7 heteroatoms. The number of hydrogen-bond donors (Lipinski definition) is 3. The maximum atomic E-state index is 8.83. The summed E-state index contributed by atoms with van der Waals surface area (Å²) in [5.74, 6) is 0. The van der Waals surface area contributed by atoms with E-state index in [2.05, 4.69) is 59.8 Å². The molecule has 0 saturated carbocycles. The van der Waals surface area contributed by atoms with Crippen molar-refractivity contribution in [3.8, 4) is 11.3 Å². The first-order chi connectivity index (χ1) is 10.8. The van der Waals surface area contributed by atoms with E-state index in [1.807, 2.05) is 11.3 Å². The summed E-state index contributed by atoms with van der Waals surface area (Å²) in [4.78, 5) is 3.55. The van der Waals surface area contributed by atoms with Gasteiger partial charge in [-0.25, -0.2) is 4.98 Å². The number of aromatic amines is 1. The zero-order chi connectivity index (χ0) is 16.6. The van der Waals surface area contributed by atoms with Crippen LogP contribution in [0.4, 0.5) is 0 Å². The van der Waals surface area contributed by atoms with Gasteiger partial charge < -0.3 is 0 Å². The SMILES string of the molecule is Cc1ccc2[nH+]c3c4ccccc4scc-3c2c1.[O-][Cl+](O)(O)O. The van der Waals surface area contributed by atoms with Gasteiger partial charge in [0.15, 0.2) is 0 Å². The van der Waals surface area contributed by atoms with Crippen molar-refractivity contribution in [1.29, 1.82) is 0 Å². The Hall–Kier alpha value is -1.80. The molecule has 5 nitrogen and oxygen atoms in total. The maximum absolute atomic E-state index is 8.83. The number of aryl methyl sites for hydroxylation is 1. The van der Waals surface area contributed by atoms with E-state index in [1.165, 1.54) is 37.8 Å². The average molecular weight is 353 g/mol. The van der Waals surface area contributed by atoms with Gasteiger partial charge in [0.2, 0.25) is 11.2 Å². The van der Waals surface area contributed by atoms with Gasteiger partial charge in [-0.05, 0) is 25.1 Å². The van der Waals surface area contributed by atoms with Crippen LogP contribution in [0.1, 0.15) is 5.56 Å². The van der Waals surface area contributed by atoms with E-state index in [-0.39, 0.29) is 0 Å². The Morgan fingerprint density at radius 3 is 2.48 bits per heavy atom. The van der Waals surface area contributed by atoms with Gasteiger partial charge in [0.25, 0.3) is 0 Å². The summed E-state index contributed by atoms with van der Waals surface area (Å²) < 4.78 is 31.5. The summed E-state index contributed by atoms with van der Waals surface area (Å²) in [5.41, 5.74) is 5.11. The number of benzene rings is 2. The van der Waals surface area contributed by atoms with E-state index in [1.54, 1.807) is 0 Å². The van der Waals surface area contributed by atoms with Crippen molar-refractivity contribution in [1.82, 2.24) is 0 Å². The quantitative estimate of drug-likeness (QED) is 0.446. The molecule has 4 rings (SSSR count). The minimum atomic E-state index is -4.19. The minimum absolute atomic E-state index is 1.22. The first-order valence-electron chi connectivity index (χ1n) is 6.71. The average Bonchev–Trinajstić information content (AvgIpc) is 2.84. The summed E-state index contributed by atoms with van der Waals surface area (Å²) in [5, 5.41) is 4.90. The second kappa shape index (κ2) is 6.01. The van der Waals surface area contributed by atoms with Crippen molar-refractivity contribution in [3.63, 3.8) is 0 Å². The van der Waals surface area contributed by atoms with Crippen LogP contribution in [0.15, 0.2) is 47.8 Å². The molecular formula is C16H15ClNO4S+. The van der Waals surface area contributed by atoms with Gasteiger partial charge in [-0.15, -0.1) is 11.3 Å². The van der Waals surface area contributed by atoms with Crippen LogP contribution in [0.2, 0.25) is 0 Å². The van der Waals surface area contributed by atoms with Crippen molar-refractivity contribution in [2.24, 2.45) is 0 Å². The fraction of sp³-hybridized carbons (Fsp3) is 0.0625. The van der Waals surface area contributed by atoms with Crippen molar-refractivity contribution in [3.05, 3.63) is 53.4 Å². The number of fused-ring (bicyclic) bond motifs is 5. The van der Waals surface area contributed by atoms with Crippen LogP contribution in [-0.4, -0.2) is 14.0 Å². The van der Waals surface area contributed by atoms with E-state index in [0.29, 0.717) is 0 Å². The van der Waals surface area contributed by atoms with Crippen LogP contribution >= 0.6 is 11.3 Å². The fourth-order valence-corrected chi connectivity index (χ4v) is 3.50. The Bertz CT molecular complexity index is 942. The number of aromatic nitrogens is 1. The molecule has 0 radical (unpaired) electrons. The van der Waals surface area contributed by atoms with Crippen LogP contribution in [0.5, 0.6) is 0 Å². The Labute approximate surface area is 138 Å². The third-order valence-corrected chi connectivity index (χ3v) is 4.42. The molecule has 2 aromatic carbocycles. The Morgan fingerprint density at radius 2 is 1.74 bits per heavy atom. The van der Waals surface area contributed by atoms with Crippen LogP contribution in [0, 0.1) is 17.2 Å². The first kappa shape index (κ1) is 16.1. The van der Waals surface area contributed by atoms with Crippen LogP contribution in [0.3, 0.4) is 0 Å². The van der Waals surface area contributed by atoms with E-state index in [0.717, 1.165) is 0 Å². The molecule has 2 aliphatic rings. The monoisotopic (exact) mass is 352 g/mol. The van der Waals surface area contributed by atoms with Crippen LogP contribution in [-0.2, 0) is 0 Å². The van der Waals surface area contributed by atoms with Gasteiger partial charge in [-0.3, -0.25) is 0 Å². The van der Waals surface area contributed by atoms with E-state index >= 15 is 0 Å². The third kappa shape index (κ3) is 3.59. The summed E-state index contributed by atoms with van der Waals surface area (Å²) >= 11 is 1.81. The molecule has 0 unspecified atom stereocenters. The van der Waals surface area contributed by atoms with Crippen molar-refractivity contribution < 1.29 is 33.9 Å². The molecule has 2 heterocycles. The molecule has 0 atom stereocenters. The van der Waals surface area contributed by atoms with Crippen LogP contribution in [0.25, 0.3) is 32.2 Å². The van der Waals surface area contributed by atoms with Crippen molar-refractivity contribution >= 4 is 32.3 Å². The molecule has 0 fully saturated rings. The molecule has 23 heavy (non-hydrogen) atoms. The summed E-state index contributed by atoms with van der Waals surface area (Å²) in [6, 6.07) is 15.2. The van der Waals surface area contributed by atoms with Gasteiger partial charge in [0.1, 0.15) is 0 Å². The summed E-state index contributed by atoms with van der Waals surface area (Å²) in [7, 11) is -4.19. The fourth-order valence-electron chi connectivity index (χ4n) is 2.56. The normalized spacial score (nSPS) is 12.4. The summed E-state index contributed by atoms with van der Waals surface area (Å²) in [6.07, 6.45) is 0. The molecule has 0 amide bonds. The molecule has 4 N–H and O–H groups in total. The zero-order valence-electron chi connectivity index (χ0n) is 12.2. The van der Waals surface area contributed by atoms with Gasteiger partial charge in [0, 0.05) is 16.1 Å². The van der Waals surface area contributed by atoms with Gasteiger partial charge in [-0.1, -0.05) is 23.8 Å². The molecule has 0 saturated heterocycles. The van der Waals surface area contributed by atoms with Gasteiger partial charge >= 0.3 is 28.9 Å². The van der Waals surface area contributed by atoms with E-state index in [9.17, 15) is 0 Å². The topological polar surface area (TPSA) is 97.9 Å². The van der Waals surface area contributed by atoms with Crippen molar-refractivity contribution in [2.45, 2.75) is 6.92 Å². The summed E-state index contributed by atoms with van der Waals surface area (Å²) in [6.45, 7) is 2.14. The Kier molecular flexibility index (Phi) is 4.20. The van der Waals surface area contributed by atoms with Crippen LogP contribution < -0.4 is 9.64 Å². The number of hydrogen-bond acceptors (Lipinski definition) is 5. The van der Waals surface area contributed by atoms with E-state index < -0.39 is 10.2 Å². The molecule has 0 aliphatic carbocycles. The standard InChI is InChI=1S/C16H11NS.ClH3O4/c1-10-6-7-14-12(8-10)13-9-18-15-5-3-2-4-11(15)16(13)17-14;2-1(3,4)5/h2-9H,1H3;2-4H/p+1. The van der Waals surface area contributed by atoms with Crippen molar-refractivity contribution in [2.75, 3.05) is 0 Å². The molecule has 2 aromatic rings. The predicted molar refractivity (Wildman–Crippen MR) is 83.9 cm³/mol. The van der Waals surface area contributed by atoms with Gasteiger partial charge in [0.05, 0.1) is 16.3 Å². The molecule has 2 aliphatic heterocycles. The molecule has 0 aromatic heterocycles. The second-order valence-corrected chi connectivity index (χ2v) is 6.91. The Balaban J connectivity index is 0.000000276. The first-order valence-corrected chi connectivity index (χ1v) is 8.91. The molecule has 0 bridgehead atoms. The number of H-pyrrole nitrogens is 1. The van der Waals surface area contributed by atoms with Gasteiger partial charge in [-0.2, -0.15) is 0 Å². The predicted octanol–water partition coefficient (Wildman–Crippen LogP) is 1.42. The number of halogens is 1. The third-order valence-electron chi connectivity index (χ3n) is 3.45. The molecular weight excluding hydrogens is 338 g/mol. The molecule has 0 spiro atoms.